The number of carbonyl (C=O) groups excluding carboxylic acids is 1. The van der Waals surface area contributed by atoms with Crippen LogP contribution in [0.1, 0.15) is 31.7 Å². The van der Waals surface area contributed by atoms with Crippen molar-refractivity contribution in [1.29, 1.82) is 0 Å². The van der Waals surface area contributed by atoms with E-state index >= 15 is 0 Å². The molecule has 0 N–H and O–H groups in total. The Labute approximate surface area is 195 Å². The first-order valence-corrected chi connectivity index (χ1v) is 12.4. The van der Waals surface area contributed by atoms with Crippen molar-refractivity contribution >= 4 is 16.1 Å². The second-order valence-corrected chi connectivity index (χ2v) is 8.99. The number of para-hydroxylation sites is 2. The van der Waals surface area contributed by atoms with Crippen molar-refractivity contribution < 1.29 is 26.9 Å². The molecule has 3 aromatic carbocycles. The van der Waals surface area contributed by atoms with E-state index < -0.39 is 22.2 Å². The van der Waals surface area contributed by atoms with E-state index in [1.807, 2.05) is 43.3 Å². The molecule has 0 unspecified atom stereocenters. The van der Waals surface area contributed by atoms with Crippen LogP contribution in [-0.4, -0.2) is 27.1 Å². The molecule has 0 fully saturated rings. The minimum Gasteiger partial charge on any atom is -0.464 e. The fourth-order valence-corrected chi connectivity index (χ4v) is 4.38. The smallest absolute Gasteiger partial charge is 0.336 e. The summed E-state index contributed by atoms with van der Waals surface area (Å²) in [6, 6.07) is 24.8. The first kappa shape index (κ1) is 24.5. The highest BCUT2D eigenvalue weighted by atomic mass is 32.2. The zero-order chi connectivity index (χ0) is 23.5. The van der Waals surface area contributed by atoms with E-state index in [2.05, 4.69) is 0 Å². The molecule has 0 saturated carbocycles. The van der Waals surface area contributed by atoms with Gasteiger partial charge in [-0.2, -0.15) is 8.42 Å². The van der Waals surface area contributed by atoms with Gasteiger partial charge < -0.3 is 9.47 Å². The molecule has 0 spiro atoms. The molecule has 3 rings (SSSR count). The summed E-state index contributed by atoms with van der Waals surface area (Å²) in [7, 11) is -4.30. The lowest BCUT2D eigenvalue weighted by Gasteiger charge is -2.18. The lowest BCUT2D eigenvalue weighted by Crippen LogP contribution is -2.30. The van der Waals surface area contributed by atoms with Crippen molar-refractivity contribution in [2.75, 3.05) is 6.61 Å². The van der Waals surface area contributed by atoms with Crippen molar-refractivity contribution in [1.82, 2.24) is 0 Å². The molecule has 0 aliphatic carbocycles. The highest BCUT2D eigenvalue weighted by molar-refractivity contribution is 7.87. The van der Waals surface area contributed by atoms with Crippen molar-refractivity contribution in [3.63, 3.8) is 0 Å². The summed E-state index contributed by atoms with van der Waals surface area (Å²) in [5, 5.41) is 0. The summed E-state index contributed by atoms with van der Waals surface area (Å²) in [6.07, 6.45) is 0.847. The van der Waals surface area contributed by atoms with Crippen LogP contribution in [0.3, 0.4) is 0 Å². The predicted octanol–water partition coefficient (Wildman–Crippen LogP) is 5.53. The maximum absolute atomic E-state index is 13.2. The van der Waals surface area contributed by atoms with Crippen LogP contribution in [0.25, 0.3) is 0 Å². The number of benzene rings is 3. The molecule has 33 heavy (non-hydrogen) atoms. The molecule has 0 aromatic heterocycles. The molecule has 0 aliphatic heterocycles. The maximum atomic E-state index is 13.2. The van der Waals surface area contributed by atoms with Crippen LogP contribution in [0.15, 0.2) is 89.8 Å². The van der Waals surface area contributed by atoms with Gasteiger partial charge in [0.05, 0.1) is 6.61 Å². The van der Waals surface area contributed by atoms with Gasteiger partial charge in [-0.25, -0.2) is 4.79 Å². The SMILES string of the molecule is CCCOC(=O)[C@@H](CCCc1ccccc1)OS(=O)(=O)c1ccccc1Oc1ccccc1. The van der Waals surface area contributed by atoms with Gasteiger partial charge in [0.15, 0.2) is 6.10 Å². The van der Waals surface area contributed by atoms with Gasteiger partial charge in [0, 0.05) is 0 Å². The Morgan fingerprint density at radius 3 is 2.21 bits per heavy atom. The van der Waals surface area contributed by atoms with E-state index in [1.165, 1.54) is 6.07 Å². The molecule has 6 nitrogen and oxygen atoms in total. The molecule has 7 heteroatoms. The van der Waals surface area contributed by atoms with Gasteiger partial charge in [0.25, 0.3) is 0 Å². The molecule has 0 heterocycles. The Bertz CT molecular complexity index is 1110. The summed E-state index contributed by atoms with van der Waals surface area (Å²) in [5.74, 6) is -0.0782. The molecular formula is C26H28O6S. The third kappa shape index (κ3) is 7.44. The Balaban J connectivity index is 1.77. The van der Waals surface area contributed by atoms with E-state index in [0.29, 0.717) is 25.0 Å². The number of esters is 1. The van der Waals surface area contributed by atoms with Gasteiger partial charge >= 0.3 is 16.1 Å². The maximum Gasteiger partial charge on any atom is 0.336 e. The van der Waals surface area contributed by atoms with Crippen LogP contribution >= 0.6 is 0 Å². The van der Waals surface area contributed by atoms with Crippen LogP contribution in [0.2, 0.25) is 0 Å². The molecule has 0 radical (unpaired) electrons. The number of hydrogen-bond donors (Lipinski definition) is 0. The Kier molecular flexibility index (Phi) is 9.04. The third-order valence-corrected chi connectivity index (χ3v) is 6.18. The zero-order valence-electron chi connectivity index (χ0n) is 18.6. The summed E-state index contributed by atoms with van der Waals surface area (Å²) in [6.45, 7) is 2.07. The summed E-state index contributed by atoms with van der Waals surface area (Å²) in [5.41, 5.74) is 1.10. The van der Waals surface area contributed by atoms with Gasteiger partial charge in [-0.15, -0.1) is 0 Å². The first-order valence-electron chi connectivity index (χ1n) is 11.0. The Hall–Kier alpha value is -3.16. The summed E-state index contributed by atoms with van der Waals surface area (Å²) in [4.78, 5) is 12.4. The number of hydrogen-bond acceptors (Lipinski definition) is 6. The van der Waals surface area contributed by atoms with Crippen LogP contribution in [-0.2, 0) is 30.3 Å². The van der Waals surface area contributed by atoms with Gasteiger partial charge in [0.2, 0.25) is 0 Å². The van der Waals surface area contributed by atoms with Crippen molar-refractivity contribution in [2.45, 2.75) is 43.6 Å². The van der Waals surface area contributed by atoms with Crippen LogP contribution < -0.4 is 4.74 Å². The molecule has 174 valence electrons. The molecule has 3 aromatic rings. The van der Waals surface area contributed by atoms with E-state index in [4.69, 9.17) is 13.7 Å². The van der Waals surface area contributed by atoms with E-state index in [-0.39, 0.29) is 23.7 Å². The van der Waals surface area contributed by atoms with Gasteiger partial charge in [-0.05, 0) is 55.5 Å². The Morgan fingerprint density at radius 2 is 1.52 bits per heavy atom. The second-order valence-electron chi connectivity index (χ2n) is 7.45. The van der Waals surface area contributed by atoms with Gasteiger partial charge in [0.1, 0.15) is 16.4 Å². The lowest BCUT2D eigenvalue weighted by atomic mass is 10.1. The highest BCUT2D eigenvalue weighted by Gasteiger charge is 2.30. The first-order chi connectivity index (χ1) is 16.0. The number of carbonyl (C=O) groups is 1. The topological polar surface area (TPSA) is 78.9 Å². The van der Waals surface area contributed by atoms with Crippen molar-refractivity contribution in [3.8, 4) is 11.5 Å². The fraction of sp³-hybridized carbons (Fsp3) is 0.269. The van der Waals surface area contributed by atoms with Crippen molar-refractivity contribution in [2.24, 2.45) is 0 Å². The average molecular weight is 469 g/mol. The molecule has 0 amide bonds. The normalized spacial score (nSPS) is 12.2. The highest BCUT2D eigenvalue weighted by Crippen LogP contribution is 2.30. The lowest BCUT2D eigenvalue weighted by molar-refractivity contribution is -0.152. The minimum absolute atomic E-state index is 0.119. The molecular weight excluding hydrogens is 440 g/mol. The van der Waals surface area contributed by atoms with Crippen LogP contribution in [0, 0.1) is 0 Å². The van der Waals surface area contributed by atoms with Crippen molar-refractivity contribution in [3.05, 3.63) is 90.5 Å². The summed E-state index contributed by atoms with van der Waals surface area (Å²) >= 11 is 0. The van der Waals surface area contributed by atoms with Crippen LogP contribution in [0.4, 0.5) is 0 Å². The Morgan fingerprint density at radius 1 is 0.879 bits per heavy atom. The summed E-state index contributed by atoms with van der Waals surface area (Å²) < 4.78 is 42.7. The standard InChI is InChI=1S/C26H28O6S/c1-2-20-30-26(27)24(18-11-14-21-12-5-3-6-13-21)32-33(28,29)25-19-10-9-17-23(25)31-22-15-7-4-8-16-22/h3-10,12-13,15-17,19,24H,2,11,14,18,20H2,1H3/t24-/m1/s1. The van der Waals surface area contributed by atoms with E-state index in [9.17, 15) is 13.2 Å². The quantitative estimate of drug-likeness (QED) is 0.257. The zero-order valence-corrected chi connectivity index (χ0v) is 19.4. The number of ether oxygens (including phenoxy) is 2. The second kappa shape index (κ2) is 12.2. The predicted molar refractivity (Wildman–Crippen MR) is 126 cm³/mol. The fourth-order valence-electron chi connectivity index (χ4n) is 3.20. The molecule has 0 bridgehead atoms. The largest absolute Gasteiger partial charge is 0.464 e. The van der Waals surface area contributed by atoms with Gasteiger partial charge in [-0.1, -0.05) is 67.6 Å². The van der Waals surface area contributed by atoms with E-state index in [1.54, 1.807) is 42.5 Å². The molecule has 0 saturated heterocycles. The van der Waals surface area contributed by atoms with Gasteiger partial charge in [-0.3, -0.25) is 4.18 Å². The van der Waals surface area contributed by atoms with E-state index in [0.717, 1.165) is 5.56 Å². The third-order valence-electron chi connectivity index (χ3n) is 4.82. The number of aryl methyl sites for hydroxylation is 1. The minimum atomic E-state index is -4.30. The average Bonchev–Trinajstić information content (AvgIpc) is 2.83. The monoisotopic (exact) mass is 468 g/mol. The molecule has 0 aliphatic rings. The number of rotatable bonds is 12. The molecule has 1 atom stereocenters. The van der Waals surface area contributed by atoms with Crippen LogP contribution in [0.5, 0.6) is 11.5 Å².